The molecule has 4 rings (SSSR count). The van der Waals surface area contributed by atoms with Crippen LogP contribution in [0.4, 0.5) is 11.5 Å². The number of benzene rings is 2. The van der Waals surface area contributed by atoms with E-state index in [9.17, 15) is 15.0 Å². The van der Waals surface area contributed by atoms with Gasteiger partial charge in [-0.25, -0.2) is 14.8 Å². The Morgan fingerprint density at radius 1 is 1.07 bits per heavy atom. The maximum Gasteiger partial charge on any atom is 0.339 e. The van der Waals surface area contributed by atoms with E-state index in [-0.39, 0.29) is 11.3 Å². The summed E-state index contributed by atoms with van der Waals surface area (Å²) in [6.07, 6.45) is 1.48. The van der Waals surface area contributed by atoms with Crippen LogP contribution in [0.2, 0.25) is 0 Å². The van der Waals surface area contributed by atoms with Gasteiger partial charge in [-0.2, -0.15) is 0 Å². The SMILES string of the molecule is Cc1ccc(-c2c(C)sc3ncnc(Nc4ccc(O)c(C(=O)O)c4)c23)cc1. The zero-order valence-electron chi connectivity index (χ0n) is 15.2. The molecule has 0 fully saturated rings. The molecule has 0 spiro atoms. The standard InChI is InChI=1S/C21H17N3O3S/c1-11-3-5-13(6-4-11)17-12(2)28-20-18(17)19(22-10-23-20)24-14-7-8-16(25)15(9-14)21(26)27/h3-10,25H,1-2H3,(H,26,27)(H,22,23,24). The molecule has 28 heavy (non-hydrogen) atoms. The van der Waals surface area contributed by atoms with Crippen molar-refractivity contribution in [3.8, 4) is 16.9 Å². The van der Waals surface area contributed by atoms with Gasteiger partial charge in [0.2, 0.25) is 0 Å². The van der Waals surface area contributed by atoms with Crippen molar-refractivity contribution in [2.75, 3.05) is 5.32 Å². The number of aromatic nitrogens is 2. The average molecular weight is 391 g/mol. The molecule has 0 bridgehead atoms. The molecule has 7 heteroatoms. The minimum absolute atomic E-state index is 0.171. The topological polar surface area (TPSA) is 95.3 Å². The molecule has 0 unspecified atom stereocenters. The molecule has 0 saturated heterocycles. The number of fused-ring (bicyclic) bond motifs is 1. The van der Waals surface area contributed by atoms with Crippen molar-refractivity contribution >= 4 is 39.0 Å². The van der Waals surface area contributed by atoms with Crippen molar-refractivity contribution in [2.45, 2.75) is 13.8 Å². The molecule has 0 aliphatic rings. The van der Waals surface area contributed by atoms with Crippen LogP contribution >= 0.6 is 11.3 Å². The number of nitrogens with zero attached hydrogens (tertiary/aromatic N) is 2. The molecule has 2 heterocycles. The highest BCUT2D eigenvalue weighted by atomic mass is 32.1. The Morgan fingerprint density at radius 2 is 1.82 bits per heavy atom. The molecule has 6 nitrogen and oxygen atoms in total. The fourth-order valence-electron chi connectivity index (χ4n) is 3.13. The van der Waals surface area contributed by atoms with Crippen LogP contribution in [0.25, 0.3) is 21.3 Å². The van der Waals surface area contributed by atoms with Gasteiger partial charge in [-0.15, -0.1) is 11.3 Å². The Bertz CT molecular complexity index is 1200. The third kappa shape index (κ3) is 3.16. The second-order valence-electron chi connectivity index (χ2n) is 6.46. The highest BCUT2D eigenvalue weighted by Crippen LogP contribution is 2.41. The summed E-state index contributed by atoms with van der Waals surface area (Å²) >= 11 is 1.59. The van der Waals surface area contributed by atoms with Crippen LogP contribution in [-0.2, 0) is 0 Å². The van der Waals surface area contributed by atoms with Crippen molar-refractivity contribution in [1.29, 1.82) is 0 Å². The van der Waals surface area contributed by atoms with Crippen molar-refractivity contribution < 1.29 is 15.0 Å². The van der Waals surface area contributed by atoms with E-state index in [0.29, 0.717) is 11.5 Å². The molecule has 2 aromatic heterocycles. The van der Waals surface area contributed by atoms with Gasteiger partial charge < -0.3 is 15.5 Å². The van der Waals surface area contributed by atoms with Crippen LogP contribution in [0.15, 0.2) is 48.8 Å². The normalized spacial score (nSPS) is 10.9. The Hall–Kier alpha value is -3.45. The van der Waals surface area contributed by atoms with Crippen LogP contribution in [0, 0.1) is 13.8 Å². The number of rotatable bonds is 4. The molecule has 0 saturated carbocycles. The summed E-state index contributed by atoms with van der Waals surface area (Å²) in [5, 5.41) is 23.0. The molecule has 3 N–H and O–H groups in total. The molecule has 2 aromatic carbocycles. The van der Waals surface area contributed by atoms with E-state index in [1.165, 1.54) is 24.0 Å². The number of aromatic carboxylic acids is 1. The van der Waals surface area contributed by atoms with Gasteiger partial charge in [0.05, 0.1) is 5.39 Å². The van der Waals surface area contributed by atoms with Gasteiger partial charge in [-0.3, -0.25) is 0 Å². The summed E-state index contributed by atoms with van der Waals surface area (Å²) in [6, 6.07) is 12.6. The molecule has 4 aromatic rings. The van der Waals surface area contributed by atoms with Gasteiger partial charge >= 0.3 is 5.97 Å². The van der Waals surface area contributed by atoms with Gasteiger partial charge in [-0.05, 0) is 37.6 Å². The molecule has 0 aliphatic carbocycles. The lowest BCUT2D eigenvalue weighted by Crippen LogP contribution is -2.00. The van der Waals surface area contributed by atoms with Crippen LogP contribution in [0.1, 0.15) is 20.8 Å². The third-order valence-corrected chi connectivity index (χ3v) is 5.51. The summed E-state index contributed by atoms with van der Waals surface area (Å²) in [7, 11) is 0. The lowest BCUT2D eigenvalue weighted by Gasteiger charge is -2.10. The summed E-state index contributed by atoms with van der Waals surface area (Å²) in [4.78, 5) is 22.1. The first kappa shape index (κ1) is 17.9. The van der Waals surface area contributed by atoms with E-state index in [0.717, 1.165) is 26.2 Å². The van der Waals surface area contributed by atoms with Crippen LogP contribution in [-0.4, -0.2) is 26.2 Å². The summed E-state index contributed by atoms with van der Waals surface area (Å²) in [5.74, 6) is -0.884. The van der Waals surface area contributed by atoms with E-state index < -0.39 is 5.97 Å². The van der Waals surface area contributed by atoms with Gasteiger partial charge in [0, 0.05) is 16.1 Å². The predicted octanol–water partition coefficient (Wildman–Crippen LogP) is 5.12. The minimum atomic E-state index is -1.19. The number of thiophene rings is 1. The summed E-state index contributed by atoms with van der Waals surface area (Å²) in [5.41, 5.74) is 3.66. The van der Waals surface area contributed by atoms with Crippen LogP contribution < -0.4 is 5.32 Å². The number of aromatic hydroxyl groups is 1. The molecule has 0 amide bonds. The number of phenols is 1. The van der Waals surface area contributed by atoms with Crippen LogP contribution in [0.3, 0.4) is 0 Å². The number of nitrogens with one attached hydrogen (secondary N) is 1. The second kappa shape index (κ2) is 6.94. The highest BCUT2D eigenvalue weighted by molar-refractivity contribution is 7.19. The van der Waals surface area contributed by atoms with E-state index in [4.69, 9.17) is 0 Å². The van der Waals surface area contributed by atoms with E-state index in [1.54, 1.807) is 17.4 Å². The average Bonchev–Trinajstić information content (AvgIpc) is 3.00. The lowest BCUT2D eigenvalue weighted by molar-refractivity contribution is 0.0694. The van der Waals surface area contributed by atoms with Gasteiger partial charge in [0.1, 0.15) is 28.3 Å². The quantitative estimate of drug-likeness (QED) is 0.418. The van der Waals surface area contributed by atoms with Gasteiger partial charge in [0.25, 0.3) is 0 Å². The van der Waals surface area contributed by atoms with E-state index in [1.807, 2.05) is 6.92 Å². The highest BCUT2D eigenvalue weighted by Gasteiger charge is 2.18. The number of carbonyl (C=O) groups is 1. The first-order chi connectivity index (χ1) is 13.4. The Balaban J connectivity index is 1.85. The summed E-state index contributed by atoms with van der Waals surface area (Å²) in [6.45, 7) is 4.09. The second-order valence-corrected chi connectivity index (χ2v) is 7.67. The van der Waals surface area contributed by atoms with Crippen molar-refractivity contribution in [2.24, 2.45) is 0 Å². The monoisotopic (exact) mass is 391 g/mol. The Kier molecular flexibility index (Phi) is 4.44. The maximum atomic E-state index is 11.3. The first-order valence-corrected chi connectivity index (χ1v) is 9.40. The number of carboxylic acids is 1. The van der Waals surface area contributed by atoms with Crippen molar-refractivity contribution in [1.82, 2.24) is 9.97 Å². The first-order valence-electron chi connectivity index (χ1n) is 8.58. The molecular formula is C21H17N3O3S. The molecule has 0 aliphatic heterocycles. The number of hydrogen-bond donors (Lipinski definition) is 3. The molecule has 0 radical (unpaired) electrons. The lowest BCUT2D eigenvalue weighted by atomic mass is 10.0. The van der Waals surface area contributed by atoms with Crippen molar-refractivity contribution in [3.63, 3.8) is 0 Å². The van der Waals surface area contributed by atoms with Gasteiger partial charge in [-0.1, -0.05) is 29.8 Å². The van der Waals surface area contributed by atoms with E-state index >= 15 is 0 Å². The fraction of sp³-hybridized carbons (Fsp3) is 0.0952. The molecule has 0 atom stereocenters. The Labute approximate surface area is 165 Å². The predicted molar refractivity (Wildman–Crippen MR) is 111 cm³/mol. The molecular weight excluding hydrogens is 374 g/mol. The maximum absolute atomic E-state index is 11.3. The zero-order valence-corrected chi connectivity index (χ0v) is 16.0. The Morgan fingerprint density at radius 3 is 2.54 bits per heavy atom. The number of aryl methyl sites for hydroxylation is 2. The minimum Gasteiger partial charge on any atom is -0.507 e. The van der Waals surface area contributed by atoms with Crippen molar-refractivity contribution in [3.05, 3.63) is 64.8 Å². The number of hydrogen-bond acceptors (Lipinski definition) is 6. The number of carboxylic acid groups (broad SMARTS) is 1. The van der Waals surface area contributed by atoms with Gasteiger partial charge in [0.15, 0.2) is 0 Å². The number of anilines is 2. The fourth-order valence-corrected chi connectivity index (χ4v) is 4.14. The third-order valence-electron chi connectivity index (χ3n) is 4.49. The smallest absolute Gasteiger partial charge is 0.339 e. The van der Waals surface area contributed by atoms with Crippen LogP contribution in [0.5, 0.6) is 5.75 Å². The molecule has 140 valence electrons. The zero-order chi connectivity index (χ0) is 19.8. The summed E-state index contributed by atoms with van der Waals surface area (Å²) < 4.78 is 0. The van der Waals surface area contributed by atoms with E-state index in [2.05, 4.69) is 46.5 Å². The largest absolute Gasteiger partial charge is 0.507 e.